The van der Waals surface area contributed by atoms with Crippen molar-refractivity contribution in [2.24, 2.45) is 4.99 Å². The Morgan fingerprint density at radius 1 is 1.29 bits per heavy atom. The molecule has 0 amide bonds. The Morgan fingerprint density at radius 3 is 2.46 bits per heavy atom. The van der Waals surface area contributed by atoms with Crippen molar-refractivity contribution in [1.29, 1.82) is 0 Å². The van der Waals surface area contributed by atoms with Crippen LogP contribution in [-0.2, 0) is 10.2 Å². The van der Waals surface area contributed by atoms with E-state index >= 15 is 0 Å². The predicted molar refractivity (Wildman–Crippen MR) is 108 cm³/mol. The fourth-order valence-corrected chi connectivity index (χ4v) is 2.92. The zero-order valence-corrected chi connectivity index (χ0v) is 17.1. The highest BCUT2D eigenvalue weighted by molar-refractivity contribution is 14.0. The Hall–Kier alpha value is -0.890. The minimum atomic E-state index is -0.196. The van der Waals surface area contributed by atoms with Crippen LogP contribution in [0.2, 0.25) is 0 Å². The standard InChI is InChI=1S/C18H28FN3O.HI/c1-4-14(2)22-17(20-3)21-13-18(9-11-23-12-10-18)15-5-7-16(19)8-6-15;/h5-8,14H,4,9-13H2,1-3H3,(H2,20,21,22);1H. The van der Waals surface area contributed by atoms with Crippen molar-refractivity contribution in [3.63, 3.8) is 0 Å². The van der Waals surface area contributed by atoms with Crippen molar-refractivity contribution in [1.82, 2.24) is 10.6 Å². The summed E-state index contributed by atoms with van der Waals surface area (Å²) in [5.41, 5.74) is 1.12. The topological polar surface area (TPSA) is 45.7 Å². The molecule has 0 spiro atoms. The van der Waals surface area contributed by atoms with Crippen LogP contribution in [0.5, 0.6) is 0 Å². The lowest BCUT2D eigenvalue weighted by Crippen LogP contribution is -2.49. The number of halogens is 2. The lowest BCUT2D eigenvalue weighted by Gasteiger charge is -2.38. The van der Waals surface area contributed by atoms with E-state index in [1.165, 1.54) is 0 Å². The maximum Gasteiger partial charge on any atom is 0.191 e. The zero-order chi connectivity index (χ0) is 16.7. The molecule has 1 atom stereocenters. The third kappa shape index (κ3) is 5.58. The molecule has 1 heterocycles. The number of guanidine groups is 1. The van der Waals surface area contributed by atoms with Gasteiger partial charge in [-0.15, -0.1) is 24.0 Å². The number of nitrogens with one attached hydrogen (secondary N) is 2. The van der Waals surface area contributed by atoms with Crippen LogP contribution in [0.1, 0.15) is 38.7 Å². The van der Waals surface area contributed by atoms with Crippen LogP contribution in [0, 0.1) is 5.82 Å². The highest BCUT2D eigenvalue weighted by Crippen LogP contribution is 2.34. The summed E-state index contributed by atoms with van der Waals surface area (Å²) in [7, 11) is 1.78. The Labute approximate surface area is 161 Å². The molecule has 1 aromatic rings. The van der Waals surface area contributed by atoms with E-state index in [0.717, 1.165) is 50.5 Å². The molecule has 0 aliphatic carbocycles. The molecule has 4 nitrogen and oxygen atoms in total. The summed E-state index contributed by atoms with van der Waals surface area (Å²) in [4.78, 5) is 4.30. The van der Waals surface area contributed by atoms with Crippen molar-refractivity contribution in [3.05, 3.63) is 35.6 Å². The smallest absolute Gasteiger partial charge is 0.191 e. The first-order chi connectivity index (χ1) is 11.1. The first-order valence-corrected chi connectivity index (χ1v) is 8.40. The lowest BCUT2D eigenvalue weighted by atomic mass is 9.74. The third-order valence-electron chi connectivity index (χ3n) is 4.72. The second-order valence-corrected chi connectivity index (χ2v) is 6.28. The highest BCUT2D eigenvalue weighted by atomic mass is 127. The zero-order valence-electron chi connectivity index (χ0n) is 14.8. The normalized spacial score (nSPS) is 18.4. The number of hydrogen-bond donors (Lipinski definition) is 2. The van der Waals surface area contributed by atoms with Crippen LogP contribution >= 0.6 is 24.0 Å². The molecule has 1 saturated heterocycles. The SMILES string of the molecule is CCC(C)NC(=NC)NCC1(c2ccc(F)cc2)CCOCC1.I. The van der Waals surface area contributed by atoms with Crippen LogP contribution in [0.15, 0.2) is 29.3 Å². The van der Waals surface area contributed by atoms with Crippen molar-refractivity contribution in [2.45, 2.75) is 44.6 Å². The van der Waals surface area contributed by atoms with Crippen LogP contribution in [-0.4, -0.2) is 38.8 Å². The summed E-state index contributed by atoms with van der Waals surface area (Å²) in [5.74, 6) is 0.616. The molecular formula is C18H29FIN3O. The van der Waals surface area contributed by atoms with E-state index in [1.807, 2.05) is 12.1 Å². The molecule has 2 rings (SSSR count). The first-order valence-electron chi connectivity index (χ1n) is 8.40. The highest BCUT2D eigenvalue weighted by Gasteiger charge is 2.34. The molecule has 2 N–H and O–H groups in total. The number of rotatable bonds is 5. The number of ether oxygens (including phenoxy) is 1. The Bertz CT molecular complexity index is 516. The minimum absolute atomic E-state index is 0. The summed E-state index contributed by atoms with van der Waals surface area (Å²) in [5, 5.41) is 6.83. The van der Waals surface area contributed by atoms with Gasteiger partial charge in [0.05, 0.1) is 0 Å². The average molecular weight is 449 g/mol. The maximum atomic E-state index is 13.3. The van der Waals surface area contributed by atoms with Crippen LogP contribution in [0.3, 0.4) is 0 Å². The summed E-state index contributed by atoms with van der Waals surface area (Å²) >= 11 is 0. The number of benzene rings is 1. The van der Waals surface area contributed by atoms with Gasteiger partial charge in [0.2, 0.25) is 0 Å². The third-order valence-corrected chi connectivity index (χ3v) is 4.72. The van der Waals surface area contributed by atoms with E-state index in [1.54, 1.807) is 19.2 Å². The molecule has 24 heavy (non-hydrogen) atoms. The molecular weight excluding hydrogens is 420 g/mol. The number of aliphatic imine (C=N–C) groups is 1. The van der Waals surface area contributed by atoms with Crippen molar-refractivity contribution < 1.29 is 9.13 Å². The van der Waals surface area contributed by atoms with Crippen LogP contribution in [0.4, 0.5) is 4.39 Å². The number of nitrogens with zero attached hydrogens (tertiary/aromatic N) is 1. The van der Waals surface area contributed by atoms with Crippen molar-refractivity contribution >= 4 is 29.9 Å². The monoisotopic (exact) mass is 449 g/mol. The molecule has 0 saturated carbocycles. The van der Waals surface area contributed by atoms with Crippen molar-refractivity contribution in [3.8, 4) is 0 Å². The van der Waals surface area contributed by atoms with E-state index in [0.29, 0.717) is 6.04 Å². The quantitative estimate of drug-likeness (QED) is 0.411. The van der Waals surface area contributed by atoms with Gasteiger partial charge in [-0.25, -0.2) is 4.39 Å². The van der Waals surface area contributed by atoms with Gasteiger partial charge in [0.25, 0.3) is 0 Å². The summed E-state index contributed by atoms with van der Waals surface area (Å²) in [6.45, 7) is 6.51. The van der Waals surface area contributed by atoms with Gasteiger partial charge in [-0.2, -0.15) is 0 Å². The van der Waals surface area contributed by atoms with Gasteiger partial charge in [0.1, 0.15) is 5.82 Å². The lowest BCUT2D eigenvalue weighted by molar-refractivity contribution is 0.0513. The minimum Gasteiger partial charge on any atom is -0.381 e. The van der Waals surface area contributed by atoms with Crippen LogP contribution in [0.25, 0.3) is 0 Å². The van der Waals surface area contributed by atoms with Gasteiger partial charge in [0, 0.05) is 38.3 Å². The molecule has 0 bridgehead atoms. The molecule has 136 valence electrons. The van der Waals surface area contributed by atoms with Gasteiger partial charge in [-0.1, -0.05) is 19.1 Å². The molecule has 1 aromatic carbocycles. The van der Waals surface area contributed by atoms with Gasteiger partial charge in [0.15, 0.2) is 5.96 Å². The van der Waals surface area contributed by atoms with Crippen LogP contribution < -0.4 is 10.6 Å². The van der Waals surface area contributed by atoms with E-state index in [-0.39, 0.29) is 35.2 Å². The van der Waals surface area contributed by atoms with E-state index in [4.69, 9.17) is 4.74 Å². The van der Waals surface area contributed by atoms with E-state index in [2.05, 4.69) is 29.5 Å². The van der Waals surface area contributed by atoms with Gasteiger partial charge in [-0.05, 0) is 43.9 Å². The van der Waals surface area contributed by atoms with Gasteiger partial charge < -0.3 is 15.4 Å². The molecule has 1 fully saturated rings. The van der Waals surface area contributed by atoms with E-state index in [9.17, 15) is 4.39 Å². The number of hydrogen-bond acceptors (Lipinski definition) is 2. The molecule has 0 radical (unpaired) electrons. The fourth-order valence-electron chi connectivity index (χ4n) is 2.92. The second-order valence-electron chi connectivity index (χ2n) is 6.28. The average Bonchev–Trinajstić information content (AvgIpc) is 2.59. The summed E-state index contributed by atoms with van der Waals surface area (Å²) in [6.07, 6.45) is 2.88. The maximum absolute atomic E-state index is 13.3. The van der Waals surface area contributed by atoms with Crippen molar-refractivity contribution in [2.75, 3.05) is 26.8 Å². The molecule has 1 aliphatic rings. The Morgan fingerprint density at radius 2 is 1.92 bits per heavy atom. The summed E-state index contributed by atoms with van der Waals surface area (Å²) < 4.78 is 18.8. The molecule has 1 unspecified atom stereocenters. The van der Waals surface area contributed by atoms with Gasteiger partial charge in [-0.3, -0.25) is 4.99 Å². The Balaban J connectivity index is 0.00000288. The Kier molecular flexibility index (Phi) is 8.97. The molecule has 0 aromatic heterocycles. The van der Waals surface area contributed by atoms with E-state index < -0.39 is 0 Å². The second kappa shape index (κ2) is 10.2. The first kappa shape index (κ1) is 21.2. The summed E-state index contributed by atoms with van der Waals surface area (Å²) in [6, 6.07) is 7.25. The molecule has 6 heteroatoms. The van der Waals surface area contributed by atoms with Gasteiger partial charge >= 0.3 is 0 Å². The largest absolute Gasteiger partial charge is 0.381 e. The fraction of sp³-hybridized carbons (Fsp3) is 0.611. The predicted octanol–water partition coefficient (Wildman–Crippen LogP) is 3.46. The molecule has 1 aliphatic heterocycles.